The van der Waals surface area contributed by atoms with Gasteiger partial charge in [0.2, 0.25) is 0 Å². The summed E-state index contributed by atoms with van der Waals surface area (Å²) in [6, 6.07) is 15.9. The van der Waals surface area contributed by atoms with Gasteiger partial charge in [0.15, 0.2) is 0 Å². The molecule has 1 unspecified atom stereocenters. The number of para-hydroxylation sites is 1. The molecular formula is C21H23N5O2. The van der Waals surface area contributed by atoms with E-state index >= 15 is 0 Å². The summed E-state index contributed by atoms with van der Waals surface area (Å²) in [7, 11) is 0. The minimum absolute atomic E-state index is 0.172. The molecule has 0 saturated carbocycles. The van der Waals surface area contributed by atoms with Gasteiger partial charge in [0.25, 0.3) is 0 Å². The molecule has 0 fully saturated rings. The van der Waals surface area contributed by atoms with Crippen molar-refractivity contribution in [1.82, 2.24) is 25.4 Å². The lowest BCUT2D eigenvalue weighted by Gasteiger charge is -2.25. The molecule has 7 heteroatoms. The maximum Gasteiger partial charge on any atom is 0.315 e. The minimum Gasteiger partial charge on any atom is -0.493 e. The van der Waals surface area contributed by atoms with Crippen LogP contribution in [-0.4, -0.2) is 33.9 Å². The molecule has 0 saturated heterocycles. The zero-order valence-electron chi connectivity index (χ0n) is 15.5. The summed E-state index contributed by atoms with van der Waals surface area (Å²) in [5.74, 6) is 1.23. The number of amides is 2. The summed E-state index contributed by atoms with van der Waals surface area (Å²) in [5, 5.41) is 10.0. The molecule has 2 amide bonds. The van der Waals surface area contributed by atoms with E-state index in [1.807, 2.05) is 42.5 Å². The van der Waals surface area contributed by atoms with Gasteiger partial charge in [0.05, 0.1) is 13.2 Å². The topological polar surface area (TPSA) is 81.1 Å². The van der Waals surface area contributed by atoms with Crippen molar-refractivity contribution < 1.29 is 9.53 Å². The SMILES string of the molecule is O=C(NCc1ccccc1Cn1cncn1)NCC1COc2ccccc2C1. The van der Waals surface area contributed by atoms with Crippen LogP contribution in [0.5, 0.6) is 5.75 Å². The molecular weight excluding hydrogens is 354 g/mol. The summed E-state index contributed by atoms with van der Waals surface area (Å²) in [6.07, 6.45) is 4.11. The number of aromatic nitrogens is 3. The van der Waals surface area contributed by atoms with Crippen LogP contribution >= 0.6 is 0 Å². The van der Waals surface area contributed by atoms with E-state index < -0.39 is 0 Å². The van der Waals surface area contributed by atoms with Crippen molar-refractivity contribution in [1.29, 1.82) is 0 Å². The number of rotatable bonds is 6. The fourth-order valence-electron chi connectivity index (χ4n) is 3.37. The number of fused-ring (bicyclic) bond motifs is 1. The third kappa shape index (κ3) is 4.49. The normalized spacial score (nSPS) is 15.4. The number of hydrogen-bond donors (Lipinski definition) is 2. The van der Waals surface area contributed by atoms with Gasteiger partial charge in [0.1, 0.15) is 18.4 Å². The Labute approximate surface area is 163 Å². The monoisotopic (exact) mass is 377 g/mol. The third-order valence-corrected chi connectivity index (χ3v) is 4.86. The molecule has 28 heavy (non-hydrogen) atoms. The summed E-state index contributed by atoms with van der Waals surface area (Å²) in [4.78, 5) is 16.2. The molecule has 0 spiro atoms. The molecule has 0 aliphatic carbocycles. The number of urea groups is 1. The zero-order valence-corrected chi connectivity index (χ0v) is 15.5. The largest absolute Gasteiger partial charge is 0.493 e. The molecule has 1 aromatic heterocycles. The first-order chi connectivity index (χ1) is 13.8. The van der Waals surface area contributed by atoms with Gasteiger partial charge in [-0.05, 0) is 29.2 Å². The van der Waals surface area contributed by atoms with Gasteiger partial charge in [-0.3, -0.25) is 0 Å². The Morgan fingerprint density at radius 1 is 1.11 bits per heavy atom. The van der Waals surface area contributed by atoms with Crippen LogP contribution in [0.15, 0.2) is 61.2 Å². The van der Waals surface area contributed by atoms with Gasteiger partial charge in [-0.15, -0.1) is 0 Å². The van der Waals surface area contributed by atoms with Gasteiger partial charge in [-0.1, -0.05) is 42.5 Å². The van der Waals surface area contributed by atoms with Crippen LogP contribution in [0.4, 0.5) is 4.79 Å². The summed E-state index contributed by atoms with van der Waals surface area (Å²) >= 11 is 0. The first kappa shape index (κ1) is 18.0. The van der Waals surface area contributed by atoms with Crippen molar-refractivity contribution in [2.75, 3.05) is 13.2 Å². The second kappa shape index (κ2) is 8.56. The Bertz CT molecular complexity index is 926. The van der Waals surface area contributed by atoms with E-state index in [0.29, 0.717) is 26.2 Å². The van der Waals surface area contributed by atoms with Crippen LogP contribution < -0.4 is 15.4 Å². The fraction of sp³-hybridized carbons (Fsp3) is 0.286. The lowest BCUT2D eigenvalue weighted by molar-refractivity contribution is 0.211. The highest BCUT2D eigenvalue weighted by molar-refractivity contribution is 5.73. The number of benzene rings is 2. The van der Waals surface area contributed by atoms with Crippen molar-refractivity contribution in [2.45, 2.75) is 19.5 Å². The molecule has 1 aliphatic heterocycles. The Kier molecular flexibility index (Phi) is 5.51. The van der Waals surface area contributed by atoms with E-state index in [4.69, 9.17) is 4.74 Å². The fourth-order valence-corrected chi connectivity index (χ4v) is 3.37. The minimum atomic E-state index is -0.172. The molecule has 144 valence electrons. The Morgan fingerprint density at radius 3 is 2.79 bits per heavy atom. The highest BCUT2D eigenvalue weighted by Gasteiger charge is 2.19. The molecule has 2 aromatic carbocycles. The quantitative estimate of drug-likeness (QED) is 0.691. The second-order valence-electron chi connectivity index (χ2n) is 6.91. The molecule has 7 nitrogen and oxygen atoms in total. The average molecular weight is 377 g/mol. The lowest BCUT2D eigenvalue weighted by Crippen LogP contribution is -2.40. The molecule has 2 heterocycles. The molecule has 2 N–H and O–H groups in total. The number of nitrogens with one attached hydrogen (secondary N) is 2. The van der Waals surface area contributed by atoms with Crippen molar-refractivity contribution >= 4 is 6.03 Å². The first-order valence-electron chi connectivity index (χ1n) is 9.39. The standard InChI is InChI=1S/C21H23N5O2/c27-21(23-10-16-9-17-5-3-4-8-20(17)28-13-16)24-11-18-6-1-2-7-19(18)12-26-15-22-14-25-26/h1-8,14-16H,9-13H2,(H2,23,24,27). The highest BCUT2D eigenvalue weighted by atomic mass is 16.5. The van der Waals surface area contributed by atoms with Gasteiger partial charge < -0.3 is 15.4 Å². The summed E-state index contributed by atoms with van der Waals surface area (Å²) < 4.78 is 7.54. The van der Waals surface area contributed by atoms with Gasteiger partial charge in [-0.2, -0.15) is 5.10 Å². The van der Waals surface area contributed by atoms with Crippen LogP contribution in [0.1, 0.15) is 16.7 Å². The number of carbonyl (C=O) groups is 1. The molecule has 0 radical (unpaired) electrons. The van der Waals surface area contributed by atoms with Gasteiger partial charge in [0, 0.05) is 19.0 Å². The van der Waals surface area contributed by atoms with E-state index in [0.717, 1.165) is 23.3 Å². The molecule has 4 rings (SSSR count). The Morgan fingerprint density at radius 2 is 1.93 bits per heavy atom. The van der Waals surface area contributed by atoms with E-state index in [2.05, 4.69) is 26.8 Å². The first-order valence-corrected chi connectivity index (χ1v) is 9.39. The van der Waals surface area contributed by atoms with E-state index in [-0.39, 0.29) is 11.9 Å². The second-order valence-corrected chi connectivity index (χ2v) is 6.91. The van der Waals surface area contributed by atoms with Crippen LogP contribution in [0.2, 0.25) is 0 Å². The highest BCUT2D eigenvalue weighted by Crippen LogP contribution is 2.26. The number of nitrogens with zero attached hydrogens (tertiary/aromatic N) is 3. The van der Waals surface area contributed by atoms with E-state index in [9.17, 15) is 4.79 Å². The average Bonchev–Trinajstić information content (AvgIpc) is 3.24. The van der Waals surface area contributed by atoms with Crippen molar-refractivity contribution in [3.63, 3.8) is 0 Å². The maximum atomic E-state index is 12.2. The lowest BCUT2D eigenvalue weighted by atomic mass is 9.97. The Balaban J connectivity index is 1.26. The third-order valence-electron chi connectivity index (χ3n) is 4.86. The smallest absolute Gasteiger partial charge is 0.315 e. The van der Waals surface area contributed by atoms with E-state index in [1.165, 1.54) is 11.9 Å². The van der Waals surface area contributed by atoms with Crippen molar-refractivity contribution in [3.8, 4) is 5.75 Å². The van der Waals surface area contributed by atoms with Crippen LogP contribution in [0, 0.1) is 5.92 Å². The molecule has 1 atom stereocenters. The number of hydrogen-bond acceptors (Lipinski definition) is 4. The van der Waals surface area contributed by atoms with Crippen LogP contribution in [0.3, 0.4) is 0 Å². The van der Waals surface area contributed by atoms with Crippen molar-refractivity contribution in [2.24, 2.45) is 5.92 Å². The maximum absolute atomic E-state index is 12.2. The predicted molar refractivity (Wildman–Crippen MR) is 105 cm³/mol. The Hall–Kier alpha value is -3.35. The van der Waals surface area contributed by atoms with E-state index in [1.54, 1.807) is 11.0 Å². The van der Waals surface area contributed by atoms with Crippen LogP contribution in [0.25, 0.3) is 0 Å². The molecule has 3 aromatic rings. The van der Waals surface area contributed by atoms with Gasteiger partial charge in [-0.25, -0.2) is 14.5 Å². The number of carbonyl (C=O) groups excluding carboxylic acids is 1. The predicted octanol–water partition coefficient (Wildman–Crippen LogP) is 2.38. The van der Waals surface area contributed by atoms with Gasteiger partial charge >= 0.3 is 6.03 Å². The number of ether oxygens (including phenoxy) is 1. The summed E-state index contributed by atoms with van der Waals surface area (Å²) in [5.41, 5.74) is 3.36. The van der Waals surface area contributed by atoms with Crippen molar-refractivity contribution in [3.05, 3.63) is 77.9 Å². The summed E-state index contributed by atoms with van der Waals surface area (Å²) in [6.45, 7) is 2.29. The van der Waals surface area contributed by atoms with Crippen LogP contribution in [-0.2, 0) is 19.5 Å². The molecule has 1 aliphatic rings. The zero-order chi connectivity index (χ0) is 19.2. The molecule has 0 bridgehead atoms.